The zero-order chi connectivity index (χ0) is 30.2. The Morgan fingerprint density at radius 2 is 0.786 bits per heavy atom. The number of hydrogen-bond acceptors (Lipinski definition) is 6. The van der Waals surface area contributed by atoms with Gasteiger partial charge >= 0.3 is 0 Å². The molecule has 0 fully saturated rings. The fraction of sp³-hybridized carbons (Fsp3) is 0.222. The highest BCUT2D eigenvalue weighted by molar-refractivity contribution is 5.72. The van der Waals surface area contributed by atoms with Crippen molar-refractivity contribution in [3.8, 4) is 34.5 Å². The second-order valence-corrected chi connectivity index (χ2v) is 9.06. The van der Waals surface area contributed by atoms with E-state index in [1.165, 1.54) is 0 Å². The molecule has 6 nitrogen and oxygen atoms in total. The minimum atomic E-state index is 0.201. The van der Waals surface area contributed by atoms with Crippen molar-refractivity contribution in [2.24, 2.45) is 0 Å². The van der Waals surface area contributed by atoms with Crippen molar-refractivity contribution in [2.45, 2.75) is 27.7 Å². The van der Waals surface area contributed by atoms with Gasteiger partial charge in [-0.05, 0) is 98.5 Å². The van der Waals surface area contributed by atoms with Crippen LogP contribution < -0.4 is 18.9 Å². The molecule has 0 saturated carbocycles. The molecule has 0 amide bonds. The highest BCUT2D eigenvalue weighted by Crippen LogP contribution is 2.25. The molecule has 6 heteroatoms. The minimum absolute atomic E-state index is 0.201. The van der Waals surface area contributed by atoms with Gasteiger partial charge in [0.05, 0.1) is 26.4 Å². The molecule has 0 bridgehead atoms. The van der Waals surface area contributed by atoms with Gasteiger partial charge in [-0.3, -0.25) is 0 Å². The lowest BCUT2D eigenvalue weighted by molar-refractivity contribution is 0.323. The molecule has 0 aliphatic rings. The third-order valence-corrected chi connectivity index (χ3v) is 5.77. The topological polar surface area (TPSA) is 77.4 Å². The third kappa shape index (κ3) is 11.0. The molecule has 220 valence electrons. The van der Waals surface area contributed by atoms with E-state index in [4.69, 9.17) is 18.9 Å². The molecule has 0 aliphatic carbocycles. The predicted octanol–water partition coefficient (Wildman–Crippen LogP) is 8.72. The average molecular weight is 569 g/mol. The summed E-state index contributed by atoms with van der Waals surface area (Å²) in [5, 5.41) is 19.0. The Balaban J connectivity index is 0.000000230. The van der Waals surface area contributed by atoms with Gasteiger partial charge in [-0.1, -0.05) is 48.6 Å². The van der Waals surface area contributed by atoms with Gasteiger partial charge in [-0.15, -0.1) is 0 Å². The van der Waals surface area contributed by atoms with E-state index in [0.29, 0.717) is 32.2 Å². The Morgan fingerprint density at radius 1 is 0.405 bits per heavy atom. The Labute approximate surface area is 249 Å². The van der Waals surface area contributed by atoms with Gasteiger partial charge in [0.2, 0.25) is 0 Å². The van der Waals surface area contributed by atoms with Crippen molar-refractivity contribution >= 4 is 24.3 Å². The second-order valence-electron chi connectivity index (χ2n) is 9.06. The van der Waals surface area contributed by atoms with Crippen LogP contribution in [0.1, 0.15) is 49.9 Å². The normalized spacial score (nSPS) is 10.8. The molecule has 4 aromatic carbocycles. The van der Waals surface area contributed by atoms with Crippen LogP contribution in [0, 0.1) is 0 Å². The molecule has 4 rings (SSSR count). The first-order valence-corrected chi connectivity index (χ1v) is 14.2. The van der Waals surface area contributed by atoms with E-state index in [9.17, 15) is 10.2 Å². The van der Waals surface area contributed by atoms with Crippen molar-refractivity contribution in [3.05, 3.63) is 107 Å². The monoisotopic (exact) mass is 568 g/mol. The number of phenols is 2. The van der Waals surface area contributed by atoms with E-state index in [1.807, 2.05) is 113 Å². The first kappa shape index (κ1) is 31.7. The summed E-state index contributed by atoms with van der Waals surface area (Å²) in [6, 6.07) is 26.0. The van der Waals surface area contributed by atoms with Crippen LogP contribution >= 0.6 is 0 Å². The first-order valence-electron chi connectivity index (χ1n) is 14.2. The predicted molar refractivity (Wildman–Crippen MR) is 172 cm³/mol. The summed E-state index contributed by atoms with van der Waals surface area (Å²) in [6.07, 6.45) is 7.91. The van der Waals surface area contributed by atoms with E-state index in [2.05, 4.69) is 0 Å². The lowest BCUT2D eigenvalue weighted by Gasteiger charge is -2.09. The summed E-state index contributed by atoms with van der Waals surface area (Å²) in [4.78, 5) is 0. The van der Waals surface area contributed by atoms with Crippen LogP contribution in [0.2, 0.25) is 0 Å². The summed E-state index contributed by atoms with van der Waals surface area (Å²) in [5.74, 6) is 3.61. The van der Waals surface area contributed by atoms with Crippen LogP contribution in [0.3, 0.4) is 0 Å². The first-order chi connectivity index (χ1) is 20.4. The largest absolute Gasteiger partial charge is 0.508 e. The fourth-order valence-electron chi connectivity index (χ4n) is 3.95. The fourth-order valence-corrected chi connectivity index (χ4v) is 3.95. The SMILES string of the molecule is CCOc1cc(C=Cc2ccc(O)cc2)cc(OCC)c1.CCOc1ccc(C=Cc2cc(O)cc(OCC)c2)cc1. The van der Waals surface area contributed by atoms with Crippen molar-refractivity contribution in [1.82, 2.24) is 0 Å². The highest BCUT2D eigenvalue weighted by Gasteiger charge is 2.02. The van der Waals surface area contributed by atoms with Crippen molar-refractivity contribution < 1.29 is 29.2 Å². The maximum absolute atomic E-state index is 9.68. The van der Waals surface area contributed by atoms with Crippen LogP contribution in [0.4, 0.5) is 0 Å². The van der Waals surface area contributed by atoms with Crippen LogP contribution in [0.15, 0.2) is 84.9 Å². The molecule has 0 saturated heterocycles. The Morgan fingerprint density at radius 3 is 1.26 bits per heavy atom. The Kier molecular flexibility index (Phi) is 12.9. The molecule has 0 atom stereocenters. The number of benzene rings is 4. The molecule has 42 heavy (non-hydrogen) atoms. The minimum Gasteiger partial charge on any atom is -0.508 e. The van der Waals surface area contributed by atoms with Gasteiger partial charge in [0.25, 0.3) is 0 Å². The van der Waals surface area contributed by atoms with Gasteiger partial charge in [-0.2, -0.15) is 0 Å². The van der Waals surface area contributed by atoms with Crippen LogP contribution in [0.25, 0.3) is 24.3 Å². The summed E-state index contributed by atoms with van der Waals surface area (Å²) in [6.45, 7) is 10.3. The van der Waals surface area contributed by atoms with E-state index in [1.54, 1.807) is 24.3 Å². The Bertz CT molecular complexity index is 1400. The van der Waals surface area contributed by atoms with E-state index >= 15 is 0 Å². The van der Waals surface area contributed by atoms with Crippen molar-refractivity contribution in [2.75, 3.05) is 26.4 Å². The number of phenolic OH excluding ortho intramolecular Hbond substituents is 2. The lowest BCUT2D eigenvalue weighted by Crippen LogP contribution is -1.95. The average Bonchev–Trinajstić information content (AvgIpc) is 2.97. The molecular weight excluding hydrogens is 528 g/mol. The molecule has 0 unspecified atom stereocenters. The molecule has 0 spiro atoms. The molecule has 0 aromatic heterocycles. The zero-order valence-electron chi connectivity index (χ0n) is 24.7. The lowest BCUT2D eigenvalue weighted by atomic mass is 10.1. The van der Waals surface area contributed by atoms with E-state index in [0.717, 1.165) is 39.5 Å². The summed E-state index contributed by atoms with van der Waals surface area (Å²) >= 11 is 0. The van der Waals surface area contributed by atoms with Gasteiger partial charge in [0, 0.05) is 12.1 Å². The van der Waals surface area contributed by atoms with E-state index in [-0.39, 0.29) is 11.5 Å². The molecule has 4 aromatic rings. The highest BCUT2D eigenvalue weighted by atomic mass is 16.5. The number of aromatic hydroxyl groups is 2. The smallest absolute Gasteiger partial charge is 0.123 e. The molecular formula is C36H40O6. The standard InChI is InChI=1S/2C18H20O3/c1-3-20-17-9-7-14(8-10-17)5-6-15-11-16(19)13-18(12-15)21-4-2;1-3-20-17-11-15(12-18(13-17)21-4-2)6-5-14-7-9-16(19)10-8-14/h2*5-13,19H,3-4H2,1-2H3. The molecule has 2 N–H and O–H groups in total. The van der Waals surface area contributed by atoms with E-state index < -0.39 is 0 Å². The van der Waals surface area contributed by atoms with Gasteiger partial charge in [0.15, 0.2) is 0 Å². The Hall–Kier alpha value is -4.84. The van der Waals surface area contributed by atoms with Crippen LogP contribution in [-0.2, 0) is 0 Å². The number of ether oxygens (including phenoxy) is 4. The summed E-state index contributed by atoms with van der Waals surface area (Å²) < 4.78 is 21.9. The quantitative estimate of drug-likeness (QED) is 0.166. The van der Waals surface area contributed by atoms with Crippen LogP contribution in [0.5, 0.6) is 34.5 Å². The maximum Gasteiger partial charge on any atom is 0.123 e. The molecule has 0 aliphatic heterocycles. The van der Waals surface area contributed by atoms with Gasteiger partial charge in [-0.25, -0.2) is 0 Å². The maximum atomic E-state index is 9.68. The zero-order valence-corrected chi connectivity index (χ0v) is 24.7. The van der Waals surface area contributed by atoms with Crippen molar-refractivity contribution in [3.63, 3.8) is 0 Å². The number of rotatable bonds is 12. The second kappa shape index (κ2) is 17.1. The summed E-state index contributed by atoms with van der Waals surface area (Å²) in [7, 11) is 0. The third-order valence-electron chi connectivity index (χ3n) is 5.77. The van der Waals surface area contributed by atoms with Crippen LogP contribution in [-0.4, -0.2) is 36.6 Å². The number of hydrogen-bond donors (Lipinski definition) is 2. The van der Waals surface area contributed by atoms with Gasteiger partial charge < -0.3 is 29.2 Å². The summed E-state index contributed by atoms with van der Waals surface area (Å²) in [5.41, 5.74) is 4.00. The molecule has 0 radical (unpaired) electrons. The molecule has 0 heterocycles. The van der Waals surface area contributed by atoms with Crippen molar-refractivity contribution in [1.29, 1.82) is 0 Å². The van der Waals surface area contributed by atoms with Gasteiger partial charge in [0.1, 0.15) is 34.5 Å².